The Bertz CT molecular complexity index is 231. The highest BCUT2D eigenvalue weighted by Crippen LogP contribution is 2.53. The number of halogens is 1. The van der Waals surface area contributed by atoms with Gasteiger partial charge in [-0.1, -0.05) is 0 Å². The average molecular weight is 238 g/mol. The van der Waals surface area contributed by atoms with Crippen LogP contribution in [0.15, 0.2) is 0 Å². The van der Waals surface area contributed by atoms with E-state index in [1.165, 1.54) is 0 Å². The van der Waals surface area contributed by atoms with Gasteiger partial charge in [0.05, 0.1) is 5.92 Å². The van der Waals surface area contributed by atoms with Crippen LogP contribution in [0.25, 0.3) is 0 Å². The first-order valence-corrected chi connectivity index (χ1v) is 5.72. The molecule has 1 aliphatic carbocycles. The fourth-order valence-electron chi connectivity index (χ4n) is 2.36. The zero-order valence-corrected chi connectivity index (χ0v) is 9.57. The number of thioether (sulfide) groups is 1. The highest BCUT2D eigenvalue weighted by atomic mass is 35.5. The van der Waals surface area contributed by atoms with Gasteiger partial charge in [-0.3, -0.25) is 4.79 Å². The summed E-state index contributed by atoms with van der Waals surface area (Å²) in [6.45, 7) is 0. The quantitative estimate of drug-likeness (QED) is 0.726. The van der Waals surface area contributed by atoms with Gasteiger partial charge in [0, 0.05) is 10.8 Å². The van der Waals surface area contributed by atoms with E-state index < -0.39 is 5.97 Å². The third-order valence-electron chi connectivity index (χ3n) is 3.12. The standard InChI is InChI=1S/C9H15NO2S.ClH/c10-7-1-2-13-9(5-7)3-6(4-9)8(11)12;/h6-7H,1-5,10H2,(H,11,12);1H. The fraction of sp³-hybridized carbons (Fsp3) is 0.889. The number of nitrogens with two attached hydrogens (primary N) is 1. The predicted octanol–water partition coefficient (Wildman–Crippen LogP) is 1.50. The van der Waals surface area contributed by atoms with E-state index in [9.17, 15) is 4.79 Å². The molecule has 3 nitrogen and oxygen atoms in total. The van der Waals surface area contributed by atoms with Crippen LogP contribution in [0.1, 0.15) is 25.7 Å². The van der Waals surface area contributed by atoms with Crippen molar-refractivity contribution in [2.75, 3.05) is 5.75 Å². The summed E-state index contributed by atoms with van der Waals surface area (Å²) in [4.78, 5) is 10.6. The molecule has 0 aromatic carbocycles. The van der Waals surface area contributed by atoms with Gasteiger partial charge in [-0.05, 0) is 31.4 Å². The Morgan fingerprint density at radius 2 is 2.07 bits per heavy atom. The molecule has 0 aromatic heterocycles. The molecule has 2 fully saturated rings. The number of carboxylic acids is 1. The second-order valence-corrected chi connectivity index (χ2v) is 5.79. The minimum atomic E-state index is -0.634. The summed E-state index contributed by atoms with van der Waals surface area (Å²) in [5, 5.41) is 8.77. The van der Waals surface area contributed by atoms with E-state index in [1.807, 2.05) is 11.8 Å². The predicted molar refractivity (Wildman–Crippen MR) is 60.0 cm³/mol. The minimum Gasteiger partial charge on any atom is -0.481 e. The SMILES string of the molecule is Cl.NC1CCSC2(C1)CC(C(=O)O)C2. The summed E-state index contributed by atoms with van der Waals surface area (Å²) in [5.41, 5.74) is 5.88. The van der Waals surface area contributed by atoms with Gasteiger partial charge < -0.3 is 10.8 Å². The second kappa shape index (κ2) is 4.29. The van der Waals surface area contributed by atoms with Crippen LogP contribution in [0.4, 0.5) is 0 Å². The van der Waals surface area contributed by atoms with Gasteiger partial charge in [-0.15, -0.1) is 12.4 Å². The maximum absolute atomic E-state index is 10.6. The van der Waals surface area contributed by atoms with Gasteiger partial charge in [0.25, 0.3) is 0 Å². The van der Waals surface area contributed by atoms with Gasteiger partial charge in [0.1, 0.15) is 0 Å². The zero-order chi connectivity index (χ0) is 9.47. The largest absolute Gasteiger partial charge is 0.481 e. The zero-order valence-electron chi connectivity index (χ0n) is 7.94. The number of carbonyl (C=O) groups is 1. The van der Waals surface area contributed by atoms with Crippen molar-refractivity contribution in [2.24, 2.45) is 11.7 Å². The molecule has 3 N–H and O–H groups in total. The topological polar surface area (TPSA) is 63.3 Å². The maximum atomic E-state index is 10.6. The number of aliphatic carboxylic acids is 1. The lowest BCUT2D eigenvalue weighted by molar-refractivity contribution is -0.145. The first-order valence-electron chi connectivity index (χ1n) is 4.74. The van der Waals surface area contributed by atoms with Crippen molar-refractivity contribution in [3.8, 4) is 0 Å². The molecule has 1 spiro atoms. The summed E-state index contributed by atoms with van der Waals surface area (Å²) in [6.07, 6.45) is 3.77. The molecule has 5 heteroatoms. The lowest BCUT2D eigenvalue weighted by atomic mass is 9.70. The van der Waals surface area contributed by atoms with Crippen molar-refractivity contribution in [1.29, 1.82) is 0 Å². The first-order chi connectivity index (χ1) is 6.11. The molecule has 2 aliphatic rings. The molecule has 1 saturated carbocycles. The van der Waals surface area contributed by atoms with Crippen molar-refractivity contribution >= 4 is 30.1 Å². The molecule has 1 aliphatic heterocycles. The molecule has 2 rings (SSSR count). The van der Waals surface area contributed by atoms with Gasteiger partial charge in [-0.25, -0.2) is 0 Å². The molecule has 1 heterocycles. The van der Waals surface area contributed by atoms with E-state index in [-0.39, 0.29) is 23.1 Å². The Morgan fingerprint density at radius 3 is 2.57 bits per heavy atom. The van der Waals surface area contributed by atoms with Crippen LogP contribution in [-0.4, -0.2) is 27.6 Å². The fourth-order valence-corrected chi connectivity index (χ4v) is 4.19. The smallest absolute Gasteiger partial charge is 0.306 e. The van der Waals surface area contributed by atoms with E-state index in [1.54, 1.807) is 0 Å². The first kappa shape index (κ1) is 12.1. The third kappa shape index (κ3) is 2.18. The van der Waals surface area contributed by atoms with Crippen LogP contribution in [0.2, 0.25) is 0 Å². The molecule has 0 aromatic rings. The van der Waals surface area contributed by atoms with Crippen LogP contribution < -0.4 is 5.73 Å². The van der Waals surface area contributed by atoms with Crippen LogP contribution >= 0.6 is 24.2 Å². The summed E-state index contributed by atoms with van der Waals surface area (Å²) in [6, 6.07) is 0.302. The molecule has 82 valence electrons. The number of hydrogen-bond acceptors (Lipinski definition) is 3. The van der Waals surface area contributed by atoms with Crippen LogP contribution in [0, 0.1) is 5.92 Å². The van der Waals surface area contributed by atoms with Gasteiger partial charge in [0.15, 0.2) is 0 Å². The van der Waals surface area contributed by atoms with Crippen molar-refractivity contribution < 1.29 is 9.90 Å². The Morgan fingerprint density at radius 1 is 1.43 bits per heavy atom. The van der Waals surface area contributed by atoms with E-state index in [0.717, 1.165) is 31.4 Å². The normalized spacial score (nSPS) is 41.2. The second-order valence-electron chi connectivity index (χ2n) is 4.23. The van der Waals surface area contributed by atoms with E-state index in [0.29, 0.717) is 6.04 Å². The third-order valence-corrected chi connectivity index (χ3v) is 4.67. The molecule has 1 saturated heterocycles. The number of hydrogen-bond donors (Lipinski definition) is 2. The Labute approximate surface area is 94.2 Å². The number of rotatable bonds is 1. The average Bonchev–Trinajstić information content (AvgIpc) is 1.99. The highest BCUT2D eigenvalue weighted by molar-refractivity contribution is 8.00. The summed E-state index contributed by atoms with van der Waals surface area (Å²) in [7, 11) is 0. The van der Waals surface area contributed by atoms with Crippen molar-refractivity contribution in [1.82, 2.24) is 0 Å². The lowest BCUT2D eigenvalue weighted by Crippen LogP contribution is -2.50. The maximum Gasteiger partial charge on any atom is 0.306 e. The summed E-state index contributed by atoms with van der Waals surface area (Å²) >= 11 is 1.93. The van der Waals surface area contributed by atoms with Crippen LogP contribution in [-0.2, 0) is 4.79 Å². The molecule has 0 radical (unpaired) electrons. The van der Waals surface area contributed by atoms with Gasteiger partial charge >= 0.3 is 5.97 Å². The minimum absolute atomic E-state index is 0. The molecule has 1 unspecified atom stereocenters. The Hall–Kier alpha value is 0.0700. The van der Waals surface area contributed by atoms with Crippen molar-refractivity contribution in [3.05, 3.63) is 0 Å². The van der Waals surface area contributed by atoms with Gasteiger partial charge in [0.2, 0.25) is 0 Å². The summed E-state index contributed by atoms with van der Waals surface area (Å²) in [5.74, 6) is 0.371. The molecule has 1 atom stereocenters. The van der Waals surface area contributed by atoms with Crippen LogP contribution in [0.3, 0.4) is 0 Å². The highest BCUT2D eigenvalue weighted by Gasteiger charge is 2.49. The molecule has 14 heavy (non-hydrogen) atoms. The van der Waals surface area contributed by atoms with Crippen molar-refractivity contribution in [2.45, 2.75) is 36.5 Å². The summed E-state index contributed by atoms with van der Waals surface area (Å²) < 4.78 is 0.237. The molecular formula is C9H16ClNO2S. The van der Waals surface area contributed by atoms with E-state index >= 15 is 0 Å². The number of carboxylic acid groups (broad SMARTS) is 1. The van der Waals surface area contributed by atoms with Crippen molar-refractivity contribution in [3.63, 3.8) is 0 Å². The molecular weight excluding hydrogens is 222 g/mol. The van der Waals surface area contributed by atoms with Gasteiger partial charge in [-0.2, -0.15) is 11.8 Å². The van der Waals surface area contributed by atoms with E-state index in [4.69, 9.17) is 10.8 Å². The lowest BCUT2D eigenvalue weighted by Gasteiger charge is -2.49. The van der Waals surface area contributed by atoms with Crippen LogP contribution in [0.5, 0.6) is 0 Å². The monoisotopic (exact) mass is 237 g/mol. The Balaban J connectivity index is 0.000000980. The molecule has 0 bridgehead atoms. The molecule has 0 amide bonds. The van der Waals surface area contributed by atoms with E-state index in [2.05, 4.69) is 0 Å². The Kier molecular flexibility index (Phi) is 3.72.